The van der Waals surface area contributed by atoms with Crippen LogP contribution in [-0.2, 0) is 4.79 Å². The van der Waals surface area contributed by atoms with E-state index in [-0.39, 0.29) is 12.5 Å². The van der Waals surface area contributed by atoms with Crippen LogP contribution in [-0.4, -0.2) is 23.0 Å². The van der Waals surface area contributed by atoms with Gasteiger partial charge in [-0.25, -0.2) is 0 Å². The molecule has 1 fully saturated rings. The molecule has 1 aromatic rings. The van der Waals surface area contributed by atoms with Gasteiger partial charge in [-0.15, -0.1) is 0 Å². The van der Waals surface area contributed by atoms with Gasteiger partial charge >= 0.3 is 5.97 Å². The number of aliphatic carboxylic acids is 1. The van der Waals surface area contributed by atoms with Gasteiger partial charge in [-0.1, -0.05) is 15.9 Å². The third-order valence-corrected chi connectivity index (χ3v) is 3.67. The van der Waals surface area contributed by atoms with Crippen molar-refractivity contribution >= 4 is 33.5 Å². The first kappa shape index (κ1) is 13.9. The van der Waals surface area contributed by atoms with E-state index in [1.165, 1.54) is 0 Å². The molecule has 1 atom stereocenters. The van der Waals surface area contributed by atoms with Gasteiger partial charge in [-0.3, -0.25) is 9.59 Å². The van der Waals surface area contributed by atoms with Gasteiger partial charge in [0.15, 0.2) is 0 Å². The highest BCUT2D eigenvalue weighted by Crippen LogP contribution is 2.36. The Morgan fingerprint density at radius 3 is 2.68 bits per heavy atom. The molecule has 0 aliphatic heterocycles. The average molecular weight is 327 g/mol. The fourth-order valence-corrected chi connectivity index (χ4v) is 2.43. The number of nitrogens with two attached hydrogens (primary N) is 1. The standard InChI is InChI=1S/C13H15BrN2O3/c14-8-3-4-10(9(5-8)13(15)19)16-11(6-12(17)18)7-1-2-7/h3-5,7,11,16H,1-2,6H2,(H2,15,19)(H,17,18). The summed E-state index contributed by atoms with van der Waals surface area (Å²) in [5, 5.41) is 12.1. The second kappa shape index (κ2) is 5.61. The summed E-state index contributed by atoms with van der Waals surface area (Å²) in [6.07, 6.45) is 2.08. The molecule has 1 aromatic carbocycles. The van der Waals surface area contributed by atoms with E-state index in [1.807, 2.05) is 0 Å². The molecule has 0 radical (unpaired) electrons. The van der Waals surface area contributed by atoms with Crippen molar-refractivity contribution in [3.05, 3.63) is 28.2 Å². The van der Waals surface area contributed by atoms with E-state index in [0.717, 1.165) is 17.3 Å². The monoisotopic (exact) mass is 326 g/mol. The van der Waals surface area contributed by atoms with Crippen LogP contribution in [0.25, 0.3) is 0 Å². The number of carbonyl (C=O) groups is 2. The lowest BCUT2D eigenvalue weighted by molar-refractivity contribution is -0.137. The Morgan fingerprint density at radius 1 is 1.47 bits per heavy atom. The maximum absolute atomic E-state index is 11.4. The highest BCUT2D eigenvalue weighted by atomic mass is 79.9. The number of nitrogens with one attached hydrogen (secondary N) is 1. The van der Waals surface area contributed by atoms with Crippen molar-refractivity contribution in [1.82, 2.24) is 0 Å². The number of carbonyl (C=O) groups excluding carboxylic acids is 1. The molecule has 0 heterocycles. The molecule has 0 aromatic heterocycles. The number of halogens is 1. The Hall–Kier alpha value is -1.56. The molecule has 2 rings (SSSR count). The Morgan fingerprint density at radius 2 is 2.16 bits per heavy atom. The normalized spacial score (nSPS) is 15.8. The van der Waals surface area contributed by atoms with E-state index >= 15 is 0 Å². The van der Waals surface area contributed by atoms with Crippen LogP contribution < -0.4 is 11.1 Å². The van der Waals surface area contributed by atoms with Crippen LogP contribution in [0.3, 0.4) is 0 Å². The van der Waals surface area contributed by atoms with Crippen molar-refractivity contribution in [1.29, 1.82) is 0 Å². The molecular formula is C13H15BrN2O3. The Balaban J connectivity index is 2.20. The lowest BCUT2D eigenvalue weighted by atomic mass is 10.1. The number of primary amides is 1. The summed E-state index contributed by atoms with van der Waals surface area (Å²) in [7, 11) is 0. The van der Waals surface area contributed by atoms with Crippen molar-refractivity contribution in [3.8, 4) is 0 Å². The van der Waals surface area contributed by atoms with Gasteiger partial charge in [-0.05, 0) is 37.0 Å². The number of hydrogen-bond donors (Lipinski definition) is 3. The van der Waals surface area contributed by atoms with Gasteiger partial charge in [0.25, 0.3) is 5.91 Å². The minimum atomic E-state index is -0.845. The zero-order chi connectivity index (χ0) is 14.0. The summed E-state index contributed by atoms with van der Waals surface area (Å²) in [5.41, 5.74) is 6.29. The fraction of sp³-hybridized carbons (Fsp3) is 0.385. The second-order valence-electron chi connectivity index (χ2n) is 4.74. The van der Waals surface area contributed by atoms with Gasteiger partial charge in [0.05, 0.1) is 12.0 Å². The van der Waals surface area contributed by atoms with E-state index in [9.17, 15) is 9.59 Å². The number of amides is 1. The first-order chi connectivity index (χ1) is 8.97. The molecule has 19 heavy (non-hydrogen) atoms. The summed E-state index contributed by atoms with van der Waals surface area (Å²) in [4.78, 5) is 22.3. The van der Waals surface area contributed by atoms with Crippen LogP contribution in [0.4, 0.5) is 5.69 Å². The lowest BCUT2D eigenvalue weighted by Crippen LogP contribution is -2.27. The van der Waals surface area contributed by atoms with Gasteiger partial charge in [0.1, 0.15) is 0 Å². The van der Waals surface area contributed by atoms with E-state index in [4.69, 9.17) is 10.8 Å². The topological polar surface area (TPSA) is 92.4 Å². The fourth-order valence-electron chi connectivity index (χ4n) is 2.07. The van der Waals surface area contributed by atoms with Crippen LogP contribution in [0, 0.1) is 5.92 Å². The first-order valence-electron chi connectivity index (χ1n) is 6.05. The summed E-state index contributed by atoms with van der Waals surface area (Å²) < 4.78 is 0.757. The van der Waals surface area contributed by atoms with Crippen LogP contribution in [0.1, 0.15) is 29.6 Å². The second-order valence-corrected chi connectivity index (χ2v) is 5.66. The van der Waals surface area contributed by atoms with E-state index in [0.29, 0.717) is 17.2 Å². The first-order valence-corrected chi connectivity index (χ1v) is 6.84. The molecule has 1 unspecified atom stereocenters. The lowest BCUT2D eigenvalue weighted by Gasteiger charge is -2.19. The molecule has 1 amide bonds. The number of anilines is 1. The maximum atomic E-state index is 11.4. The molecule has 0 bridgehead atoms. The summed E-state index contributed by atoms with van der Waals surface area (Å²) in [6, 6.07) is 5.01. The van der Waals surface area contributed by atoms with E-state index < -0.39 is 11.9 Å². The molecule has 0 saturated heterocycles. The number of rotatable bonds is 6. The highest BCUT2D eigenvalue weighted by molar-refractivity contribution is 9.10. The predicted molar refractivity (Wildman–Crippen MR) is 75.0 cm³/mol. The largest absolute Gasteiger partial charge is 0.481 e. The number of carboxylic acids is 1. The Kier molecular flexibility index (Phi) is 4.09. The van der Waals surface area contributed by atoms with Crippen molar-refractivity contribution in [3.63, 3.8) is 0 Å². The van der Waals surface area contributed by atoms with Crippen molar-refractivity contribution in [2.75, 3.05) is 5.32 Å². The molecule has 102 valence electrons. The summed E-state index contributed by atoms with van der Waals surface area (Å²) in [5.74, 6) is -1.02. The van der Waals surface area contributed by atoms with E-state index in [1.54, 1.807) is 18.2 Å². The molecule has 6 heteroatoms. The molecule has 1 saturated carbocycles. The summed E-state index contributed by atoms with van der Waals surface area (Å²) >= 11 is 3.28. The molecule has 1 aliphatic rings. The van der Waals surface area contributed by atoms with Gasteiger partial charge in [0, 0.05) is 16.2 Å². The minimum absolute atomic E-state index is 0.0406. The van der Waals surface area contributed by atoms with Crippen molar-refractivity contribution in [2.45, 2.75) is 25.3 Å². The molecule has 5 nitrogen and oxygen atoms in total. The predicted octanol–water partition coefficient (Wildman–Crippen LogP) is 2.21. The van der Waals surface area contributed by atoms with Crippen molar-refractivity contribution in [2.24, 2.45) is 11.7 Å². The van der Waals surface area contributed by atoms with E-state index in [2.05, 4.69) is 21.2 Å². The maximum Gasteiger partial charge on any atom is 0.305 e. The van der Waals surface area contributed by atoms with Gasteiger partial charge in [-0.2, -0.15) is 0 Å². The highest BCUT2D eigenvalue weighted by Gasteiger charge is 2.33. The van der Waals surface area contributed by atoms with Gasteiger partial charge < -0.3 is 16.2 Å². The Labute approximate surface area is 119 Å². The zero-order valence-corrected chi connectivity index (χ0v) is 11.8. The number of carboxylic acid groups (broad SMARTS) is 1. The van der Waals surface area contributed by atoms with Gasteiger partial charge in [0.2, 0.25) is 0 Å². The number of benzene rings is 1. The molecule has 0 spiro atoms. The SMILES string of the molecule is NC(=O)c1cc(Br)ccc1NC(CC(=O)O)C1CC1. The zero-order valence-electron chi connectivity index (χ0n) is 10.2. The summed E-state index contributed by atoms with van der Waals surface area (Å²) in [6.45, 7) is 0. The van der Waals surface area contributed by atoms with Crippen LogP contribution in [0.5, 0.6) is 0 Å². The third kappa shape index (κ3) is 3.70. The third-order valence-electron chi connectivity index (χ3n) is 3.17. The molecule has 1 aliphatic carbocycles. The van der Waals surface area contributed by atoms with Crippen LogP contribution in [0.15, 0.2) is 22.7 Å². The molecular weight excluding hydrogens is 312 g/mol. The van der Waals surface area contributed by atoms with Crippen LogP contribution in [0.2, 0.25) is 0 Å². The Bertz CT molecular complexity index is 515. The van der Waals surface area contributed by atoms with Crippen LogP contribution >= 0.6 is 15.9 Å². The van der Waals surface area contributed by atoms with Crippen molar-refractivity contribution < 1.29 is 14.7 Å². The molecule has 4 N–H and O–H groups in total. The quantitative estimate of drug-likeness (QED) is 0.747. The average Bonchev–Trinajstić information content (AvgIpc) is 3.13. The number of hydrogen-bond acceptors (Lipinski definition) is 3. The minimum Gasteiger partial charge on any atom is -0.481 e. The smallest absolute Gasteiger partial charge is 0.305 e.